The lowest BCUT2D eigenvalue weighted by Gasteiger charge is -2.31. The smallest absolute Gasteiger partial charge is 0.414 e. The maximum absolute atomic E-state index is 12.3. The average Bonchev–Trinajstić information content (AvgIpc) is 2.36. The molecule has 0 spiro atoms. The van der Waals surface area contributed by atoms with Gasteiger partial charge in [-0.2, -0.15) is 0 Å². The minimum atomic E-state index is -0.459. The average molecular weight is 273 g/mol. The van der Waals surface area contributed by atoms with E-state index >= 15 is 0 Å². The predicted molar refractivity (Wildman–Crippen MR) is 83.1 cm³/mol. The maximum atomic E-state index is 12.3. The number of aryl methyl sites for hydroxylation is 1. The molecule has 0 saturated carbocycles. The van der Waals surface area contributed by atoms with Gasteiger partial charge < -0.3 is 4.74 Å². The van der Waals surface area contributed by atoms with Gasteiger partial charge in [-0.05, 0) is 63.8 Å². The zero-order valence-corrected chi connectivity index (χ0v) is 12.8. The van der Waals surface area contributed by atoms with Gasteiger partial charge in [-0.1, -0.05) is 18.2 Å². The second-order valence-electron chi connectivity index (χ2n) is 6.12. The van der Waals surface area contributed by atoms with Crippen molar-refractivity contribution < 1.29 is 9.53 Å². The Morgan fingerprint density at radius 2 is 2.10 bits per heavy atom. The minimum Gasteiger partial charge on any atom is -0.443 e. The summed E-state index contributed by atoms with van der Waals surface area (Å²) in [5.74, 6) is 0. The number of rotatable bonds is 1. The van der Waals surface area contributed by atoms with Crippen molar-refractivity contribution in [2.24, 2.45) is 0 Å². The first-order chi connectivity index (χ1) is 9.40. The van der Waals surface area contributed by atoms with Crippen molar-refractivity contribution in [1.29, 1.82) is 0 Å². The molecule has 0 atom stereocenters. The van der Waals surface area contributed by atoms with Gasteiger partial charge in [-0.25, -0.2) is 4.79 Å². The number of amides is 1. The van der Waals surface area contributed by atoms with E-state index in [1.807, 2.05) is 45.9 Å². The number of carbonyl (C=O) groups is 1. The molecule has 0 fully saturated rings. The molecular weight excluding hydrogens is 250 g/mol. The molecule has 0 unspecified atom stereocenters. The lowest BCUT2D eigenvalue weighted by molar-refractivity contribution is 0.0578. The van der Waals surface area contributed by atoms with Crippen molar-refractivity contribution in [3.63, 3.8) is 0 Å². The van der Waals surface area contributed by atoms with Crippen molar-refractivity contribution in [3.05, 3.63) is 35.4 Å². The first-order valence-electron chi connectivity index (χ1n) is 7.17. The summed E-state index contributed by atoms with van der Waals surface area (Å²) in [6.45, 7) is 8.41. The van der Waals surface area contributed by atoms with Crippen LogP contribution < -0.4 is 4.90 Å². The summed E-state index contributed by atoms with van der Waals surface area (Å²) in [6, 6.07) is 6.22. The van der Waals surface area contributed by atoms with E-state index in [0.29, 0.717) is 0 Å². The highest BCUT2D eigenvalue weighted by Crippen LogP contribution is 2.29. The normalized spacial score (nSPS) is 15.3. The van der Waals surface area contributed by atoms with E-state index in [1.54, 1.807) is 4.90 Å². The third-order valence-corrected chi connectivity index (χ3v) is 3.20. The number of benzene rings is 1. The van der Waals surface area contributed by atoms with Crippen molar-refractivity contribution in [3.8, 4) is 0 Å². The monoisotopic (exact) mass is 273 g/mol. The van der Waals surface area contributed by atoms with Crippen LogP contribution in [0.15, 0.2) is 24.3 Å². The Morgan fingerprint density at radius 1 is 1.35 bits per heavy atom. The molecule has 0 bridgehead atoms. The highest BCUT2D eigenvalue weighted by atomic mass is 16.6. The largest absolute Gasteiger partial charge is 0.443 e. The molecule has 0 aliphatic carbocycles. The highest BCUT2D eigenvalue weighted by molar-refractivity contribution is 5.89. The molecule has 0 N–H and O–H groups in total. The topological polar surface area (TPSA) is 29.5 Å². The molecule has 3 nitrogen and oxygen atoms in total. The molecule has 1 aromatic rings. The van der Waals surface area contributed by atoms with Crippen molar-refractivity contribution in [1.82, 2.24) is 0 Å². The second kappa shape index (κ2) is 5.70. The Morgan fingerprint density at radius 3 is 2.75 bits per heavy atom. The fourth-order valence-electron chi connectivity index (χ4n) is 2.42. The van der Waals surface area contributed by atoms with E-state index in [9.17, 15) is 4.79 Å². The van der Waals surface area contributed by atoms with Gasteiger partial charge in [0.2, 0.25) is 0 Å². The van der Waals surface area contributed by atoms with E-state index in [-0.39, 0.29) is 6.09 Å². The highest BCUT2D eigenvalue weighted by Gasteiger charge is 2.27. The van der Waals surface area contributed by atoms with Gasteiger partial charge in [0.05, 0.1) is 5.69 Å². The van der Waals surface area contributed by atoms with E-state index in [0.717, 1.165) is 25.1 Å². The number of fused-ring (bicyclic) bond motifs is 1. The van der Waals surface area contributed by atoms with E-state index in [1.165, 1.54) is 11.1 Å². The van der Waals surface area contributed by atoms with Crippen molar-refractivity contribution >= 4 is 17.9 Å². The number of hydrogen-bond acceptors (Lipinski definition) is 2. The molecule has 20 heavy (non-hydrogen) atoms. The molecule has 0 saturated heterocycles. The number of hydrogen-bond donors (Lipinski definition) is 0. The van der Waals surface area contributed by atoms with Crippen LogP contribution >= 0.6 is 0 Å². The molecule has 0 aromatic heterocycles. The van der Waals surface area contributed by atoms with Gasteiger partial charge in [0, 0.05) is 6.54 Å². The van der Waals surface area contributed by atoms with Gasteiger partial charge in [-0.15, -0.1) is 0 Å². The van der Waals surface area contributed by atoms with Crippen LogP contribution in [0.25, 0.3) is 6.08 Å². The molecule has 0 radical (unpaired) electrons. The van der Waals surface area contributed by atoms with Crippen LogP contribution in [0.1, 0.15) is 45.2 Å². The molecule has 2 rings (SSSR count). The standard InChI is InChI=1S/C17H23NO2/c1-5-7-13-9-10-15-14(12-13)8-6-11-18(15)16(19)20-17(2,3)4/h5,7,9-10,12H,6,8,11H2,1-4H3/b7-5+. The Kier molecular flexibility index (Phi) is 4.17. The van der Waals surface area contributed by atoms with Gasteiger partial charge in [0.15, 0.2) is 0 Å². The molecule has 1 amide bonds. The van der Waals surface area contributed by atoms with E-state index in [2.05, 4.69) is 12.1 Å². The third-order valence-electron chi connectivity index (χ3n) is 3.20. The van der Waals surface area contributed by atoms with Crippen LogP contribution in [-0.4, -0.2) is 18.2 Å². The molecule has 1 aromatic carbocycles. The lowest BCUT2D eigenvalue weighted by Crippen LogP contribution is -2.39. The molecule has 108 valence electrons. The number of anilines is 1. The molecule has 1 heterocycles. The van der Waals surface area contributed by atoms with Crippen LogP contribution in [0.2, 0.25) is 0 Å². The van der Waals surface area contributed by atoms with Crippen LogP contribution in [0, 0.1) is 0 Å². The van der Waals surface area contributed by atoms with Crippen LogP contribution in [0.3, 0.4) is 0 Å². The second-order valence-corrected chi connectivity index (χ2v) is 6.12. The van der Waals surface area contributed by atoms with Gasteiger partial charge in [-0.3, -0.25) is 4.90 Å². The minimum absolute atomic E-state index is 0.253. The van der Waals surface area contributed by atoms with Crippen LogP contribution in [0.5, 0.6) is 0 Å². The summed E-state index contributed by atoms with van der Waals surface area (Å²) in [5.41, 5.74) is 2.92. The van der Waals surface area contributed by atoms with Crippen LogP contribution in [0.4, 0.5) is 10.5 Å². The SMILES string of the molecule is C/C=C/c1ccc2c(c1)CCCN2C(=O)OC(C)(C)C. The quantitative estimate of drug-likeness (QED) is 0.758. The summed E-state index contributed by atoms with van der Waals surface area (Å²) in [5, 5.41) is 0. The fraction of sp³-hybridized carbons (Fsp3) is 0.471. The maximum Gasteiger partial charge on any atom is 0.414 e. The Labute approximate surface area is 121 Å². The zero-order chi connectivity index (χ0) is 14.8. The Hall–Kier alpha value is -1.77. The number of carbonyl (C=O) groups excluding carboxylic acids is 1. The first-order valence-corrected chi connectivity index (χ1v) is 7.17. The number of ether oxygens (including phenoxy) is 1. The molecule has 1 aliphatic heterocycles. The Balaban J connectivity index is 2.26. The van der Waals surface area contributed by atoms with Crippen molar-refractivity contribution in [2.45, 2.75) is 46.1 Å². The van der Waals surface area contributed by atoms with Crippen molar-refractivity contribution in [2.75, 3.05) is 11.4 Å². The van der Waals surface area contributed by atoms with Gasteiger partial charge in [0.25, 0.3) is 0 Å². The Bertz CT molecular complexity index is 526. The fourth-order valence-corrected chi connectivity index (χ4v) is 2.42. The van der Waals surface area contributed by atoms with Gasteiger partial charge in [0.1, 0.15) is 5.60 Å². The zero-order valence-electron chi connectivity index (χ0n) is 12.8. The number of allylic oxidation sites excluding steroid dienone is 1. The van der Waals surface area contributed by atoms with E-state index in [4.69, 9.17) is 4.74 Å². The van der Waals surface area contributed by atoms with Gasteiger partial charge >= 0.3 is 6.09 Å². The summed E-state index contributed by atoms with van der Waals surface area (Å²) >= 11 is 0. The molecular formula is C17H23NO2. The predicted octanol–water partition coefficient (Wildman–Crippen LogP) is 4.41. The third kappa shape index (κ3) is 3.41. The first kappa shape index (κ1) is 14.6. The lowest BCUT2D eigenvalue weighted by atomic mass is 9.99. The summed E-state index contributed by atoms with van der Waals surface area (Å²) < 4.78 is 5.48. The molecule has 1 aliphatic rings. The van der Waals surface area contributed by atoms with E-state index < -0.39 is 5.60 Å². The number of nitrogens with zero attached hydrogens (tertiary/aromatic N) is 1. The summed E-state index contributed by atoms with van der Waals surface area (Å²) in [4.78, 5) is 14.0. The summed E-state index contributed by atoms with van der Waals surface area (Å²) in [7, 11) is 0. The van der Waals surface area contributed by atoms with Crippen LogP contribution in [-0.2, 0) is 11.2 Å². The summed E-state index contributed by atoms with van der Waals surface area (Å²) in [6.07, 6.45) is 5.84. The molecule has 3 heteroatoms.